The van der Waals surface area contributed by atoms with Crippen LogP contribution in [0.1, 0.15) is 5.69 Å². The molecule has 0 saturated carbocycles. The summed E-state index contributed by atoms with van der Waals surface area (Å²) in [6.07, 6.45) is 0.783. The van der Waals surface area contributed by atoms with Crippen LogP contribution < -0.4 is 5.73 Å². The molecule has 74 valence electrons. The standard InChI is InChI=1S/C10H10BrClN2/c11-6-1-2-7-9(5-6)14-8(3-4-13)10(7)12/h1-2,5,14H,3-4,13H2. The largest absolute Gasteiger partial charge is 0.357 e. The number of hydrogen-bond acceptors (Lipinski definition) is 1. The van der Waals surface area contributed by atoms with Crippen molar-refractivity contribution in [2.24, 2.45) is 5.73 Å². The van der Waals surface area contributed by atoms with Gasteiger partial charge in [-0.05, 0) is 18.7 Å². The van der Waals surface area contributed by atoms with Crippen LogP contribution in [0.4, 0.5) is 0 Å². The van der Waals surface area contributed by atoms with Crippen LogP contribution in [-0.4, -0.2) is 11.5 Å². The smallest absolute Gasteiger partial charge is 0.0692 e. The van der Waals surface area contributed by atoms with Crippen LogP contribution in [0.25, 0.3) is 10.9 Å². The van der Waals surface area contributed by atoms with Gasteiger partial charge in [0.15, 0.2) is 0 Å². The molecule has 0 radical (unpaired) electrons. The summed E-state index contributed by atoms with van der Waals surface area (Å²) in [6, 6.07) is 5.99. The van der Waals surface area contributed by atoms with Crippen molar-refractivity contribution in [3.63, 3.8) is 0 Å². The third kappa shape index (κ3) is 1.67. The molecule has 1 aromatic heterocycles. The second kappa shape index (κ2) is 3.93. The zero-order chi connectivity index (χ0) is 10.1. The highest BCUT2D eigenvalue weighted by Crippen LogP contribution is 2.29. The van der Waals surface area contributed by atoms with Crippen molar-refractivity contribution in [1.29, 1.82) is 0 Å². The Morgan fingerprint density at radius 1 is 1.43 bits per heavy atom. The molecule has 0 bridgehead atoms. The van der Waals surface area contributed by atoms with Crippen LogP contribution in [0.3, 0.4) is 0 Å². The Kier molecular flexibility index (Phi) is 2.81. The number of fused-ring (bicyclic) bond motifs is 1. The number of benzene rings is 1. The summed E-state index contributed by atoms with van der Waals surface area (Å²) in [5.41, 5.74) is 7.56. The van der Waals surface area contributed by atoms with E-state index in [9.17, 15) is 0 Å². The number of halogens is 2. The zero-order valence-electron chi connectivity index (χ0n) is 7.48. The average molecular weight is 274 g/mol. The van der Waals surface area contributed by atoms with E-state index < -0.39 is 0 Å². The number of aromatic nitrogens is 1. The Morgan fingerprint density at radius 3 is 2.93 bits per heavy atom. The lowest BCUT2D eigenvalue weighted by Crippen LogP contribution is -2.02. The highest BCUT2D eigenvalue weighted by molar-refractivity contribution is 9.10. The number of nitrogens with two attached hydrogens (primary N) is 1. The van der Waals surface area contributed by atoms with Crippen molar-refractivity contribution in [2.75, 3.05) is 6.54 Å². The number of H-pyrrole nitrogens is 1. The van der Waals surface area contributed by atoms with Crippen LogP contribution in [0.2, 0.25) is 5.02 Å². The molecule has 0 amide bonds. The molecule has 0 saturated heterocycles. The van der Waals surface area contributed by atoms with Gasteiger partial charge in [-0.1, -0.05) is 33.6 Å². The maximum atomic E-state index is 6.19. The van der Waals surface area contributed by atoms with E-state index in [0.717, 1.165) is 32.5 Å². The van der Waals surface area contributed by atoms with Gasteiger partial charge in [0.25, 0.3) is 0 Å². The van der Waals surface area contributed by atoms with Gasteiger partial charge < -0.3 is 10.7 Å². The monoisotopic (exact) mass is 272 g/mol. The molecule has 14 heavy (non-hydrogen) atoms. The Bertz CT molecular complexity index is 464. The Hall–Kier alpha value is -0.510. The van der Waals surface area contributed by atoms with Gasteiger partial charge in [0, 0.05) is 27.5 Å². The first-order valence-electron chi connectivity index (χ1n) is 4.38. The van der Waals surface area contributed by atoms with Gasteiger partial charge >= 0.3 is 0 Å². The van der Waals surface area contributed by atoms with Crippen molar-refractivity contribution < 1.29 is 0 Å². The summed E-state index contributed by atoms with van der Waals surface area (Å²) in [5.74, 6) is 0. The van der Waals surface area contributed by atoms with Gasteiger partial charge in [-0.3, -0.25) is 0 Å². The van der Waals surface area contributed by atoms with Gasteiger partial charge in [0.2, 0.25) is 0 Å². The van der Waals surface area contributed by atoms with E-state index >= 15 is 0 Å². The SMILES string of the molecule is NCCc1[nH]c2cc(Br)ccc2c1Cl. The van der Waals surface area contributed by atoms with Gasteiger partial charge in [-0.15, -0.1) is 0 Å². The van der Waals surface area contributed by atoms with Gasteiger partial charge in [0.1, 0.15) is 0 Å². The third-order valence-corrected chi connectivity index (χ3v) is 3.09. The predicted molar refractivity (Wildman–Crippen MR) is 63.8 cm³/mol. The fourth-order valence-corrected chi connectivity index (χ4v) is 2.18. The molecule has 1 aromatic carbocycles. The van der Waals surface area contributed by atoms with Crippen molar-refractivity contribution in [2.45, 2.75) is 6.42 Å². The summed E-state index contributed by atoms with van der Waals surface area (Å²) in [4.78, 5) is 3.26. The molecule has 0 aliphatic rings. The predicted octanol–water partition coefficient (Wildman–Crippen LogP) is 3.09. The molecular formula is C10H10BrClN2. The summed E-state index contributed by atoms with van der Waals surface area (Å²) in [6.45, 7) is 0.605. The maximum absolute atomic E-state index is 6.19. The van der Waals surface area contributed by atoms with Crippen molar-refractivity contribution in [3.8, 4) is 0 Å². The highest BCUT2D eigenvalue weighted by atomic mass is 79.9. The first kappa shape index (κ1) is 10.0. The maximum Gasteiger partial charge on any atom is 0.0692 e. The van der Waals surface area contributed by atoms with E-state index in [1.807, 2.05) is 18.2 Å². The third-order valence-electron chi connectivity index (χ3n) is 2.16. The fraction of sp³-hybridized carbons (Fsp3) is 0.200. The molecule has 0 fully saturated rings. The molecular weight excluding hydrogens is 263 g/mol. The summed E-state index contributed by atoms with van der Waals surface area (Å²) >= 11 is 9.60. The van der Waals surface area contributed by atoms with Crippen LogP contribution >= 0.6 is 27.5 Å². The van der Waals surface area contributed by atoms with Crippen molar-refractivity contribution in [1.82, 2.24) is 4.98 Å². The summed E-state index contributed by atoms with van der Waals surface area (Å²) < 4.78 is 1.04. The van der Waals surface area contributed by atoms with Crippen molar-refractivity contribution in [3.05, 3.63) is 33.4 Å². The second-order valence-electron chi connectivity index (χ2n) is 3.15. The van der Waals surface area contributed by atoms with Crippen LogP contribution in [-0.2, 0) is 6.42 Å². The zero-order valence-corrected chi connectivity index (χ0v) is 9.82. The van der Waals surface area contributed by atoms with E-state index in [2.05, 4.69) is 20.9 Å². The van der Waals surface area contributed by atoms with E-state index in [1.54, 1.807) is 0 Å². The first-order valence-corrected chi connectivity index (χ1v) is 5.55. The quantitative estimate of drug-likeness (QED) is 0.867. The van der Waals surface area contributed by atoms with Gasteiger partial charge in [-0.25, -0.2) is 0 Å². The number of rotatable bonds is 2. The lowest BCUT2D eigenvalue weighted by Gasteiger charge is -1.92. The molecule has 3 N–H and O–H groups in total. The van der Waals surface area contributed by atoms with Crippen LogP contribution in [0.15, 0.2) is 22.7 Å². The molecule has 4 heteroatoms. The van der Waals surface area contributed by atoms with Gasteiger partial charge in [-0.2, -0.15) is 0 Å². The summed E-state index contributed by atoms with van der Waals surface area (Å²) in [7, 11) is 0. The van der Waals surface area contributed by atoms with E-state index in [4.69, 9.17) is 17.3 Å². The number of nitrogens with one attached hydrogen (secondary N) is 1. The van der Waals surface area contributed by atoms with E-state index in [1.165, 1.54) is 0 Å². The Balaban J connectivity index is 2.61. The topological polar surface area (TPSA) is 41.8 Å². The van der Waals surface area contributed by atoms with Crippen molar-refractivity contribution >= 4 is 38.4 Å². The highest BCUT2D eigenvalue weighted by Gasteiger charge is 2.08. The molecule has 0 spiro atoms. The molecule has 2 rings (SSSR count). The minimum atomic E-state index is 0.605. The molecule has 0 aliphatic heterocycles. The van der Waals surface area contributed by atoms with Crippen LogP contribution in [0, 0.1) is 0 Å². The second-order valence-corrected chi connectivity index (χ2v) is 4.44. The molecule has 1 heterocycles. The van der Waals surface area contributed by atoms with E-state index in [-0.39, 0.29) is 0 Å². The van der Waals surface area contributed by atoms with Crippen LogP contribution in [0.5, 0.6) is 0 Å². The number of hydrogen-bond donors (Lipinski definition) is 2. The molecule has 0 unspecified atom stereocenters. The molecule has 0 aliphatic carbocycles. The first-order chi connectivity index (χ1) is 6.72. The lowest BCUT2D eigenvalue weighted by atomic mass is 10.2. The Morgan fingerprint density at radius 2 is 2.21 bits per heavy atom. The fourth-order valence-electron chi connectivity index (χ4n) is 1.51. The lowest BCUT2D eigenvalue weighted by molar-refractivity contribution is 0.940. The minimum Gasteiger partial charge on any atom is -0.357 e. The minimum absolute atomic E-state index is 0.605. The van der Waals surface area contributed by atoms with E-state index in [0.29, 0.717) is 6.54 Å². The number of aromatic amines is 1. The Labute approximate surface area is 95.6 Å². The summed E-state index contributed by atoms with van der Waals surface area (Å²) in [5, 5.41) is 1.84. The normalized spacial score (nSPS) is 11.1. The molecule has 0 atom stereocenters. The molecule has 2 aromatic rings. The average Bonchev–Trinajstić information content (AvgIpc) is 2.44. The molecule has 2 nitrogen and oxygen atoms in total. The van der Waals surface area contributed by atoms with Gasteiger partial charge in [0.05, 0.1) is 5.02 Å².